The highest BCUT2D eigenvalue weighted by atomic mass is 16.1. The fraction of sp³-hybridized carbons (Fsp3) is 0.375. The molecule has 1 saturated heterocycles. The molecule has 8 heteroatoms. The Kier molecular flexibility index (Phi) is 3.64. The first-order valence-corrected chi connectivity index (χ1v) is 8.05. The van der Waals surface area contributed by atoms with Crippen LogP contribution in [-0.4, -0.2) is 43.5 Å². The quantitative estimate of drug-likeness (QED) is 0.745. The molecule has 124 valence electrons. The number of nitrogens with zero attached hydrogens (tertiary/aromatic N) is 5. The highest BCUT2D eigenvalue weighted by molar-refractivity contribution is 5.87. The van der Waals surface area contributed by atoms with Gasteiger partial charge < -0.3 is 20.2 Å². The van der Waals surface area contributed by atoms with Crippen molar-refractivity contribution in [3.8, 4) is 0 Å². The predicted octanol–water partition coefficient (Wildman–Crippen LogP) is 1.02. The summed E-state index contributed by atoms with van der Waals surface area (Å²) in [5, 5.41) is 1.03. The van der Waals surface area contributed by atoms with Gasteiger partial charge in [0.15, 0.2) is 0 Å². The number of carbonyl (C=O) groups excluding carboxylic acids is 1. The number of aromatic amines is 1. The first-order valence-electron chi connectivity index (χ1n) is 8.05. The van der Waals surface area contributed by atoms with Crippen LogP contribution < -0.4 is 10.6 Å². The summed E-state index contributed by atoms with van der Waals surface area (Å²) in [4.78, 5) is 29.8. The summed E-state index contributed by atoms with van der Waals surface area (Å²) in [6.07, 6.45) is 9.09. The van der Waals surface area contributed by atoms with E-state index < -0.39 is 0 Å². The molecule has 4 rings (SSSR count). The van der Waals surface area contributed by atoms with Crippen LogP contribution in [0.15, 0.2) is 31.0 Å². The minimum absolute atomic E-state index is 0.168. The monoisotopic (exact) mass is 325 g/mol. The summed E-state index contributed by atoms with van der Waals surface area (Å²) < 4.78 is 1.85. The summed E-state index contributed by atoms with van der Waals surface area (Å²) in [5.74, 6) is 1.75. The average molecular weight is 325 g/mol. The molecular weight excluding hydrogens is 306 g/mol. The second-order valence-corrected chi connectivity index (χ2v) is 6.10. The zero-order valence-corrected chi connectivity index (χ0v) is 13.2. The molecule has 4 heterocycles. The first kappa shape index (κ1) is 14.7. The van der Waals surface area contributed by atoms with E-state index in [-0.39, 0.29) is 18.4 Å². The number of imidazole rings is 1. The van der Waals surface area contributed by atoms with Gasteiger partial charge >= 0.3 is 0 Å². The van der Waals surface area contributed by atoms with E-state index in [4.69, 9.17) is 5.73 Å². The van der Waals surface area contributed by atoms with Crippen LogP contribution in [-0.2, 0) is 11.3 Å². The number of primary amides is 1. The number of amides is 1. The minimum atomic E-state index is -0.355. The number of hydrogen-bond acceptors (Lipinski definition) is 5. The van der Waals surface area contributed by atoms with Gasteiger partial charge in [-0.2, -0.15) is 0 Å². The zero-order chi connectivity index (χ0) is 16.5. The number of H-pyrrole nitrogens is 1. The number of piperidine rings is 1. The van der Waals surface area contributed by atoms with E-state index in [1.54, 1.807) is 12.5 Å². The number of anilines is 1. The van der Waals surface area contributed by atoms with E-state index in [1.807, 2.05) is 23.0 Å². The van der Waals surface area contributed by atoms with Gasteiger partial charge in [0.1, 0.15) is 30.2 Å². The molecular formula is C16H19N7O. The predicted molar refractivity (Wildman–Crippen MR) is 89.5 cm³/mol. The molecule has 0 aliphatic carbocycles. The number of nitrogens with one attached hydrogen (secondary N) is 1. The highest BCUT2D eigenvalue weighted by Crippen LogP contribution is 2.31. The summed E-state index contributed by atoms with van der Waals surface area (Å²) in [5.41, 5.74) is 6.18. The van der Waals surface area contributed by atoms with Gasteiger partial charge in [-0.25, -0.2) is 15.0 Å². The number of carbonyl (C=O) groups is 1. The lowest BCUT2D eigenvalue weighted by Gasteiger charge is -2.33. The molecule has 3 N–H and O–H groups in total. The Morgan fingerprint density at radius 3 is 3.17 bits per heavy atom. The molecule has 1 amide bonds. The van der Waals surface area contributed by atoms with Crippen molar-refractivity contribution in [2.75, 3.05) is 18.0 Å². The normalized spacial score (nSPS) is 18.2. The summed E-state index contributed by atoms with van der Waals surface area (Å²) in [6.45, 7) is 1.93. The van der Waals surface area contributed by atoms with Crippen LogP contribution in [0.5, 0.6) is 0 Å². The van der Waals surface area contributed by atoms with Crippen LogP contribution in [0.1, 0.15) is 24.6 Å². The average Bonchev–Trinajstić information content (AvgIpc) is 3.23. The Balaban J connectivity index is 1.61. The van der Waals surface area contributed by atoms with E-state index in [2.05, 4.69) is 24.8 Å². The Morgan fingerprint density at radius 1 is 1.38 bits per heavy atom. The Labute approximate surface area is 138 Å². The third kappa shape index (κ3) is 2.60. The summed E-state index contributed by atoms with van der Waals surface area (Å²) >= 11 is 0. The molecule has 3 aromatic rings. The van der Waals surface area contributed by atoms with Crippen LogP contribution in [0.25, 0.3) is 11.0 Å². The molecule has 0 radical (unpaired) electrons. The molecule has 0 spiro atoms. The first-order chi connectivity index (χ1) is 11.7. The molecule has 0 aromatic carbocycles. The molecule has 1 aliphatic heterocycles. The van der Waals surface area contributed by atoms with Crippen molar-refractivity contribution in [1.29, 1.82) is 0 Å². The Hall–Kier alpha value is -2.90. The number of fused-ring (bicyclic) bond motifs is 1. The maximum absolute atomic E-state index is 11.2. The lowest BCUT2D eigenvalue weighted by molar-refractivity contribution is -0.118. The van der Waals surface area contributed by atoms with Crippen molar-refractivity contribution >= 4 is 22.8 Å². The van der Waals surface area contributed by atoms with Gasteiger partial charge in [0.25, 0.3) is 0 Å². The van der Waals surface area contributed by atoms with Crippen molar-refractivity contribution in [3.05, 3.63) is 36.8 Å². The fourth-order valence-electron chi connectivity index (χ4n) is 3.47. The molecule has 24 heavy (non-hydrogen) atoms. The van der Waals surface area contributed by atoms with Crippen LogP contribution in [0.4, 0.5) is 5.82 Å². The number of rotatable bonds is 4. The molecule has 0 bridgehead atoms. The second-order valence-electron chi connectivity index (χ2n) is 6.10. The van der Waals surface area contributed by atoms with Gasteiger partial charge in [-0.3, -0.25) is 4.79 Å². The molecule has 1 unspecified atom stereocenters. The smallest absolute Gasteiger partial charge is 0.237 e. The largest absolute Gasteiger partial charge is 0.368 e. The Bertz CT molecular complexity index is 868. The van der Waals surface area contributed by atoms with E-state index in [9.17, 15) is 4.79 Å². The second kappa shape index (κ2) is 5.95. The number of hydrogen-bond donors (Lipinski definition) is 2. The summed E-state index contributed by atoms with van der Waals surface area (Å²) in [7, 11) is 0. The summed E-state index contributed by atoms with van der Waals surface area (Å²) in [6, 6.07) is 2.00. The van der Waals surface area contributed by atoms with Crippen molar-refractivity contribution < 1.29 is 4.79 Å². The Morgan fingerprint density at radius 2 is 2.29 bits per heavy atom. The lowest BCUT2D eigenvalue weighted by Crippen LogP contribution is -2.36. The van der Waals surface area contributed by atoms with Crippen LogP contribution in [0.2, 0.25) is 0 Å². The molecule has 1 fully saturated rings. The fourth-order valence-corrected chi connectivity index (χ4v) is 3.47. The third-order valence-corrected chi connectivity index (χ3v) is 4.49. The molecule has 1 atom stereocenters. The van der Waals surface area contributed by atoms with Crippen molar-refractivity contribution in [2.45, 2.75) is 25.3 Å². The molecule has 1 aliphatic rings. The number of aromatic nitrogens is 5. The van der Waals surface area contributed by atoms with Gasteiger partial charge in [0.2, 0.25) is 5.91 Å². The SMILES string of the molecule is NC(=O)Cn1ccnc1C1CCCN(c2ncnc3[nH]ccc23)C1. The molecule has 3 aromatic heterocycles. The highest BCUT2D eigenvalue weighted by Gasteiger charge is 2.26. The van der Waals surface area contributed by atoms with Gasteiger partial charge in [-0.05, 0) is 18.9 Å². The van der Waals surface area contributed by atoms with Gasteiger partial charge in [0.05, 0.1) is 5.39 Å². The maximum Gasteiger partial charge on any atom is 0.237 e. The van der Waals surface area contributed by atoms with Crippen LogP contribution in [0.3, 0.4) is 0 Å². The third-order valence-electron chi connectivity index (χ3n) is 4.49. The van der Waals surface area contributed by atoms with Crippen LogP contribution >= 0.6 is 0 Å². The van der Waals surface area contributed by atoms with Crippen LogP contribution in [0, 0.1) is 0 Å². The van der Waals surface area contributed by atoms with Crippen molar-refractivity contribution in [2.24, 2.45) is 5.73 Å². The van der Waals surface area contributed by atoms with E-state index in [0.717, 1.165) is 48.6 Å². The van der Waals surface area contributed by atoms with E-state index >= 15 is 0 Å². The molecule has 8 nitrogen and oxygen atoms in total. The van der Waals surface area contributed by atoms with Gasteiger partial charge in [-0.1, -0.05) is 0 Å². The van der Waals surface area contributed by atoms with E-state index in [0.29, 0.717) is 0 Å². The van der Waals surface area contributed by atoms with Crippen molar-refractivity contribution in [3.63, 3.8) is 0 Å². The minimum Gasteiger partial charge on any atom is -0.368 e. The zero-order valence-electron chi connectivity index (χ0n) is 13.2. The maximum atomic E-state index is 11.2. The standard InChI is InChI=1S/C16H19N7O/c17-13(24)9-23-7-5-19-15(23)11-2-1-6-22(8-11)16-12-3-4-18-14(12)20-10-21-16/h3-5,7,10-11H,1-2,6,8-9H2,(H2,17,24)(H,18,20,21). The lowest BCUT2D eigenvalue weighted by atomic mass is 9.97. The number of nitrogens with two attached hydrogens (primary N) is 1. The van der Waals surface area contributed by atoms with Gasteiger partial charge in [0, 0.05) is 37.6 Å². The van der Waals surface area contributed by atoms with E-state index in [1.165, 1.54) is 0 Å². The topological polar surface area (TPSA) is 106 Å². The molecule has 0 saturated carbocycles. The van der Waals surface area contributed by atoms with Gasteiger partial charge in [-0.15, -0.1) is 0 Å². The van der Waals surface area contributed by atoms with Crippen molar-refractivity contribution in [1.82, 2.24) is 24.5 Å².